The molecule has 0 radical (unpaired) electrons. The van der Waals surface area contributed by atoms with Crippen molar-refractivity contribution in [1.82, 2.24) is 10.2 Å². The van der Waals surface area contributed by atoms with Crippen LogP contribution in [0.25, 0.3) is 0 Å². The van der Waals surface area contributed by atoms with Crippen LogP contribution in [0.3, 0.4) is 0 Å². The van der Waals surface area contributed by atoms with Gasteiger partial charge in [-0.1, -0.05) is 70.5 Å². The number of guanidine groups is 1. The zero-order chi connectivity index (χ0) is 27.2. The summed E-state index contributed by atoms with van der Waals surface area (Å²) in [5.41, 5.74) is 8.42. The first kappa shape index (κ1) is 33.1. The Balaban J connectivity index is 2.40. The minimum Gasteiger partial charge on any atom is -0.379 e. The van der Waals surface area contributed by atoms with E-state index in [1.165, 1.54) is 12.8 Å². The van der Waals surface area contributed by atoms with E-state index in [0.717, 1.165) is 50.1 Å². The van der Waals surface area contributed by atoms with Crippen molar-refractivity contribution in [2.45, 2.75) is 93.3 Å². The second kappa shape index (κ2) is 16.1. The van der Waals surface area contributed by atoms with Crippen molar-refractivity contribution in [2.75, 3.05) is 52.6 Å². The Bertz CT molecular complexity index is 730. The fourth-order valence-corrected chi connectivity index (χ4v) is 5.01. The Kier molecular flexibility index (Phi) is 14.8. The van der Waals surface area contributed by atoms with Crippen molar-refractivity contribution in [1.29, 1.82) is 0 Å². The molecule has 1 heterocycles. The van der Waals surface area contributed by atoms with E-state index in [1.807, 2.05) is 0 Å². The monoisotopic (exact) mass is 526 g/mol. The summed E-state index contributed by atoms with van der Waals surface area (Å²) in [4.78, 5) is 16.1. The van der Waals surface area contributed by atoms with Crippen LogP contribution in [0, 0.1) is 10.8 Å². The van der Waals surface area contributed by atoms with Gasteiger partial charge in [0.25, 0.3) is 0 Å². The van der Waals surface area contributed by atoms with E-state index < -0.39 is 0 Å². The van der Waals surface area contributed by atoms with Crippen molar-refractivity contribution in [3.8, 4) is 0 Å². The average molecular weight is 527 g/mol. The average Bonchev–Trinajstić information content (AvgIpc) is 3.19. The molecule has 0 aromatic rings. The van der Waals surface area contributed by atoms with Gasteiger partial charge in [0.2, 0.25) is 5.96 Å². The van der Waals surface area contributed by atoms with Gasteiger partial charge in [0.05, 0.1) is 33.0 Å². The molecule has 1 aliphatic rings. The van der Waals surface area contributed by atoms with Crippen LogP contribution in [0.5, 0.6) is 0 Å². The number of nitrogens with one attached hydrogen (secondary N) is 1. The molecule has 1 aliphatic heterocycles. The third-order valence-electron chi connectivity index (χ3n) is 8.07. The summed E-state index contributed by atoms with van der Waals surface area (Å²) < 4.78 is 11.3. The Morgan fingerprint density at radius 3 is 2.22 bits per heavy atom. The molecule has 210 valence electrons. The molecule has 2 atom stereocenters. The number of nitrogens with zero attached hydrogens (tertiary/aromatic N) is 4. The van der Waals surface area contributed by atoms with Gasteiger partial charge >= 0.3 is 0 Å². The number of hydrogen-bond donors (Lipinski definition) is 2. The van der Waals surface area contributed by atoms with Gasteiger partial charge in [0.15, 0.2) is 5.79 Å². The minimum absolute atomic E-state index is 0.196. The zero-order valence-electron chi connectivity index (χ0n) is 24.5. The summed E-state index contributed by atoms with van der Waals surface area (Å²) in [6, 6.07) is 0. The molecule has 0 aromatic heterocycles. The van der Waals surface area contributed by atoms with Crippen LogP contribution in [-0.4, -0.2) is 80.4 Å². The standard InChI is InChI=1S/C27H55N6O2P/c1-9-22(10-2)31-24(28)29-15-18-35-20-19-34-17-13-23(36)32-27(8)30-14-16-33(27)21-25(5,6)26(7,11-3)12-4/h30H,9-21,36H2,1-8H3,(H2,28,29). The van der Waals surface area contributed by atoms with E-state index in [4.69, 9.17) is 20.2 Å². The second-order valence-corrected chi connectivity index (χ2v) is 11.4. The zero-order valence-corrected chi connectivity index (χ0v) is 25.6. The minimum atomic E-state index is -0.374. The van der Waals surface area contributed by atoms with Crippen LogP contribution in [-0.2, 0) is 9.47 Å². The molecule has 3 N–H and O–H groups in total. The second-order valence-electron chi connectivity index (χ2n) is 10.7. The maximum absolute atomic E-state index is 5.83. The maximum Gasteiger partial charge on any atom is 0.215 e. The summed E-state index contributed by atoms with van der Waals surface area (Å²) in [6.07, 6.45) is 4.93. The number of hydrogen-bond acceptors (Lipinski definition) is 6. The lowest BCUT2D eigenvalue weighted by Crippen LogP contribution is -2.53. The molecule has 0 amide bonds. The topological polar surface area (TPSA) is 96.8 Å². The quantitative estimate of drug-likeness (QED) is 0.124. The molecule has 0 aromatic carbocycles. The molecule has 8 nitrogen and oxygen atoms in total. The molecular weight excluding hydrogens is 471 g/mol. The Hall–Kier alpha value is -0.920. The van der Waals surface area contributed by atoms with Crippen LogP contribution in [0.2, 0.25) is 0 Å². The third-order valence-corrected chi connectivity index (χ3v) is 8.49. The smallest absolute Gasteiger partial charge is 0.215 e. The van der Waals surface area contributed by atoms with E-state index in [1.54, 1.807) is 0 Å². The van der Waals surface area contributed by atoms with E-state index >= 15 is 0 Å². The van der Waals surface area contributed by atoms with E-state index in [2.05, 4.69) is 84.8 Å². The SMILES string of the molecule is CCC(CC)=NC(N)=NCCOCCOCCC(P)=NC1(C)NCCN1CC(C)(C)C(C)(CC)CC. The van der Waals surface area contributed by atoms with Crippen molar-refractivity contribution >= 4 is 26.4 Å². The molecule has 0 bridgehead atoms. The lowest BCUT2D eigenvalue weighted by Gasteiger charge is -2.47. The van der Waals surface area contributed by atoms with Gasteiger partial charge in [0.1, 0.15) is 0 Å². The number of aliphatic imine (C=N–C) groups is 3. The van der Waals surface area contributed by atoms with Crippen LogP contribution < -0.4 is 11.1 Å². The highest BCUT2D eigenvalue weighted by atomic mass is 31.0. The van der Waals surface area contributed by atoms with Crippen molar-refractivity contribution in [3.63, 3.8) is 0 Å². The van der Waals surface area contributed by atoms with Crippen molar-refractivity contribution < 1.29 is 9.47 Å². The molecule has 36 heavy (non-hydrogen) atoms. The third kappa shape index (κ3) is 10.4. The summed E-state index contributed by atoms with van der Waals surface area (Å²) in [6.45, 7) is 23.9. The first-order valence-electron chi connectivity index (χ1n) is 13.8. The Morgan fingerprint density at radius 2 is 1.64 bits per heavy atom. The van der Waals surface area contributed by atoms with Gasteiger partial charge in [0, 0.05) is 37.2 Å². The summed E-state index contributed by atoms with van der Waals surface area (Å²) in [5, 5.41) is 3.62. The predicted molar refractivity (Wildman–Crippen MR) is 158 cm³/mol. The maximum atomic E-state index is 5.83. The van der Waals surface area contributed by atoms with E-state index in [-0.39, 0.29) is 11.2 Å². The first-order valence-corrected chi connectivity index (χ1v) is 14.4. The molecule has 0 saturated carbocycles. The van der Waals surface area contributed by atoms with Gasteiger partial charge in [-0.05, 0) is 30.6 Å². The largest absolute Gasteiger partial charge is 0.379 e. The highest BCUT2D eigenvalue weighted by Crippen LogP contribution is 2.45. The molecule has 0 aliphatic carbocycles. The van der Waals surface area contributed by atoms with Gasteiger partial charge < -0.3 is 15.2 Å². The molecular formula is C27H55N6O2P. The predicted octanol–water partition coefficient (Wildman–Crippen LogP) is 4.69. The molecule has 0 spiro atoms. The number of rotatable bonds is 17. The number of ether oxygens (including phenoxy) is 2. The summed E-state index contributed by atoms with van der Waals surface area (Å²) >= 11 is 0. The lowest BCUT2D eigenvalue weighted by atomic mass is 9.63. The lowest BCUT2D eigenvalue weighted by molar-refractivity contribution is 0.00775. The highest BCUT2D eigenvalue weighted by molar-refractivity contribution is 7.40. The highest BCUT2D eigenvalue weighted by Gasteiger charge is 2.44. The Morgan fingerprint density at radius 1 is 1.03 bits per heavy atom. The Labute approximate surface area is 223 Å². The van der Waals surface area contributed by atoms with Gasteiger partial charge in [-0.3, -0.25) is 15.2 Å². The normalized spacial score (nSPS) is 20.2. The fraction of sp³-hybridized carbons (Fsp3) is 0.889. The van der Waals surface area contributed by atoms with Crippen LogP contribution in [0.1, 0.15) is 87.5 Å². The van der Waals surface area contributed by atoms with E-state index in [0.29, 0.717) is 44.3 Å². The fourth-order valence-electron chi connectivity index (χ4n) is 4.64. The molecule has 9 heteroatoms. The van der Waals surface area contributed by atoms with Gasteiger partial charge in [-0.15, -0.1) is 0 Å². The molecule has 2 unspecified atom stereocenters. The van der Waals surface area contributed by atoms with Crippen molar-refractivity contribution in [2.24, 2.45) is 31.5 Å². The molecule has 1 rings (SSSR count). The van der Waals surface area contributed by atoms with Crippen LogP contribution in [0.4, 0.5) is 0 Å². The van der Waals surface area contributed by atoms with Crippen molar-refractivity contribution in [3.05, 3.63) is 0 Å². The summed E-state index contributed by atoms with van der Waals surface area (Å²) in [7, 11) is 2.80. The molecule has 1 saturated heterocycles. The number of nitrogens with two attached hydrogens (primary N) is 1. The van der Waals surface area contributed by atoms with Crippen LogP contribution >= 0.6 is 9.24 Å². The first-order chi connectivity index (χ1) is 17.0. The van der Waals surface area contributed by atoms with Crippen LogP contribution in [0.15, 0.2) is 15.0 Å². The molecule has 1 fully saturated rings. The van der Waals surface area contributed by atoms with Gasteiger partial charge in [-0.25, -0.2) is 9.98 Å². The van der Waals surface area contributed by atoms with E-state index in [9.17, 15) is 0 Å². The summed E-state index contributed by atoms with van der Waals surface area (Å²) in [5.74, 6) is -0.0421. The van der Waals surface area contributed by atoms with Gasteiger partial charge in [-0.2, -0.15) is 0 Å².